The summed E-state index contributed by atoms with van der Waals surface area (Å²) in [5, 5.41) is 6.04. The second-order valence-electron chi connectivity index (χ2n) is 7.71. The van der Waals surface area contributed by atoms with E-state index >= 15 is 0 Å². The van der Waals surface area contributed by atoms with Gasteiger partial charge in [-0.1, -0.05) is 0 Å². The Balaban J connectivity index is 1.55. The van der Waals surface area contributed by atoms with E-state index in [0.29, 0.717) is 29.9 Å². The van der Waals surface area contributed by atoms with E-state index in [2.05, 4.69) is 25.6 Å². The van der Waals surface area contributed by atoms with Gasteiger partial charge in [0.05, 0.1) is 18.0 Å². The highest BCUT2D eigenvalue weighted by Gasteiger charge is 2.21. The monoisotopic (exact) mass is 427 g/mol. The maximum Gasteiger partial charge on any atom is 0.262 e. The summed E-state index contributed by atoms with van der Waals surface area (Å²) in [6.07, 6.45) is 5.85. The first-order chi connectivity index (χ1) is 14.9. The summed E-state index contributed by atoms with van der Waals surface area (Å²) in [5.74, 6) is 0.220. The minimum atomic E-state index is -0.523. The van der Waals surface area contributed by atoms with Crippen LogP contribution >= 0.6 is 0 Å². The first-order valence-corrected chi connectivity index (χ1v) is 10.3. The number of nitrogens with one attached hydrogen (secondary N) is 2. The van der Waals surface area contributed by atoms with Crippen LogP contribution in [0.15, 0.2) is 24.7 Å². The molecular formula is C21H26FN7O2. The minimum Gasteiger partial charge on any atom is -0.477 e. The summed E-state index contributed by atoms with van der Waals surface area (Å²) < 4.78 is 21.5. The molecule has 0 spiro atoms. The Labute approximate surface area is 179 Å². The average Bonchev–Trinajstić information content (AvgIpc) is 3.37. The zero-order valence-electron chi connectivity index (χ0n) is 17.9. The number of amides is 1. The summed E-state index contributed by atoms with van der Waals surface area (Å²) in [6.45, 7) is 6.75. The fourth-order valence-electron chi connectivity index (χ4n) is 3.73. The molecule has 1 aliphatic rings. The topological polar surface area (TPSA) is 96.7 Å². The van der Waals surface area contributed by atoms with E-state index in [-0.39, 0.29) is 17.1 Å². The van der Waals surface area contributed by atoms with Crippen molar-refractivity contribution in [1.82, 2.24) is 24.7 Å². The highest BCUT2D eigenvalue weighted by molar-refractivity contribution is 6.05. The Morgan fingerprint density at radius 2 is 2.26 bits per heavy atom. The zero-order chi connectivity index (χ0) is 22.0. The van der Waals surface area contributed by atoms with E-state index in [0.717, 1.165) is 26.1 Å². The molecule has 164 valence electrons. The third-order valence-corrected chi connectivity index (χ3v) is 5.19. The van der Waals surface area contributed by atoms with E-state index < -0.39 is 11.7 Å². The number of anilines is 2. The number of nitrogens with zero attached hydrogens (tertiary/aromatic N) is 5. The summed E-state index contributed by atoms with van der Waals surface area (Å²) in [5.41, 5.74) is 1.37. The molecule has 1 atom stereocenters. The summed E-state index contributed by atoms with van der Waals surface area (Å²) in [4.78, 5) is 27.8. The number of ether oxygens (including phenoxy) is 1. The van der Waals surface area contributed by atoms with Crippen molar-refractivity contribution in [2.24, 2.45) is 5.92 Å². The van der Waals surface area contributed by atoms with Crippen molar-refractivity contribution in [1.29, 1.82) is 0 Å². The lowest BCUT2D eigenvalue weighted by molar-refractivity contribution is 0.102. The molecule has 2 N–H and O–H groups in total. The van der Waals surface area contributed by atoms with E-state index in [9.17, 15) is 9.18 Å². The van der Waals surface area contributed by atoms with E-state index in [1.165, 1.54) is 16.7 Å². The van der Waals surface area contributed by atoms with Gasteiger partial charge in [-0.3, -0.25) is 4.79 Å². The SMILES string of the molecule is CCOc1nc(N(C)CC2CCNC2)ncc1C(=O)Nc1cc(F)c2nc(C)cn2c1. The molecule has 0 aromatic carbocycles. The number of hydrogen-bond acceptors (Lipinski definition) is 7. The molecule has 1 saturated heterocycles. The van der Waals surface area contributed by atoms with Crippen molar-refractivity contribution in [3.05, 3.63) is 41.7 Å². The predicted molar refractivity (Wildman–Crippen MR) is 115 cm³/mol. The number of aryl methyl sites for hydroxylation is 1. The number of carbonyl (C=O) groups is 1. The lowest BCUT2D eigenvalue weighted by Gasteiger charge is -2.21. The Morgan fingerprint density at radius 1 is 1.42 bits per heavy atom. The Bertz CT molecular complexity index is 1090. The molecule has 3 aromatic heterocycles. The molecule has 0 saturated carbocycles. The molecule has 0 bridgehead atoms. The zero-order valence-corrected chi connectivity index (χ0v) is 17.9. The number of hydrogen-bond donors (Lipinski definition) is 2. The minimum absolute atomic E-state index is 0.184. The smallest absolute Gasteiger partial charge is 0.262 e. The number of halogens is 1. The average molecular weight is 427 g/mol. The quantitative estimate of drug-likeness (QED) is 0.597. The normalized spacial score (nSPS) is 15.9. The number of imidazole rings is 1. The Kier molecular flexibility index (Phi) is 5.99. The van der Waals surface area contributed by atoms with Crippen molar-refractivity contribution in [2.45, 2.75) is 20.3 Å². The van der Waals surface area contributed by atoms with Crippen molar-refractivity contribution >= 4 is 23.2 Å². The number of carbonyl (C=O) groups excluding carboxylic acids is 1. The van der Waals surface area contributed by atoms with Crippen LogP contribution in [0.3, 0.4) is 0 Å². The van der Waals surface area contributed by atoms with Crippen LogP contribution in [0.25, 0.3) is 5.65 Å². The Morgan fingerprint density at radius 3 is 3.00 bits per heavy atom. The maximum absolute atomic E-state index is 14.3. The van der Waals surface area contributed by atoms with Crippen LogP contribution in [0.5, 0.6) is 5.88 Å². The van der Waals surface area contributed by atoms with Crippen molar-refractivity contribution in [3.8, 4) is 5.88 Å². The number of pyridine rings is 1. The molecule has 1 amide bonds. The van der Waals surface area contributed by atoms with Gasteiger partial charge in [-0.2, -0.15) is 4.98 Å². The predicted octanol–water partition coefficient (Wildman–Crippen LogP) is 2.27. The molecule has 10 heteroatoms. The maximum atomic E-state index is 14.3. The molecule has 4 rings (SSSR count). The van der Waals surface area contributed by atoms with Gasteiger partial charge < -0.3 is 24.7 Å². The van der Waals surface area contributed by atoms with Gasteiger partial charge in [0, 0.05) is 38.2 Å². The van der Waals surface area contributed by atoms with Gasteiger partial charge >= 0.3 is 0 Å². The van der Waals surface area contributed by atoms with Crippen LogP contribution in [-0.4, -0.2) is 58.5 Å². The molecule has 1 unspecified atom stereocenters. The molecule has 1 aliphatic heterocycles. The first kappa shape index (κ1) is 21.0. The molecule has 1 fully saturated rings. The van der Waals surface area contributed by atoms with Crippen molar-refractivity contribution < 1.29 is 13.9 Å². The van der Waals surface area contributed by atoms with Gasteiger partial charge in [0.2, 0.25) is 11.8 Å². The highest BCUT2D eigenvalue weighted by Crippen LogP contribution is 2.22. The highest BCUT2D eigenvalue weighted by atomic mass is 19.1. The van der Waals surface area contributed by atoms with E-state index in [1.54, 1.807) is 19.3 Å². The van der Waals surface area contributed by atoms with Crippen LogP contribution < -0.4 is 20.3 Å². The van der Waals surface area contributed by atoms with Crippen LogP contribution in [-0.2, 0) is 0 Å². The third kappa shape index (κ3) is 4.58. The number of fused-ring (bicyclic) bond motifs is 1. The van der Waals surface area contributed by atoms with Gasteiger partial charge in [-0.05, 0) is 39.3 Å². The van der Waals surface area contributed by atoms with Gasteiger partial charge in [0.1, 0.15) is 5.56 Å². The fourth-order valence-corrected chi connectivity index (χ4v) is 3.73. The summed E-state index contributed by atoms with van der Waals surface area (Å²) in [6, 6.07) is 1.23. The Hall–Kier alpha value is -3.27. The van der Waals surface area contributed by atoms with Gasteiger partial charge in [-0.15, -0.1) is 0 Å². The van der Waals surface area contributed by atoms with Crippen molar-refractivity contribution in [2.75, 3.05) is 43.5 Å². The van der Waals surface area contributed by atoms with Crippen LogP contribution in [0.1, 0.15) is 29.4 Å². The van der Waals surface area contributed by atoms with E-state index in [4.69, 9.17) is 4.74 Å². The molecule has 3 aromatic rings. The third-order valence-electron chi connectivity index (χ3n) is 5.19. The molecular weight excluding hydrogens is 401 g/mol. The largest absolute Gasteiger partial charge is 0.477 e. The van der Waals surface area contributed by atoms with Gasteiger partial charge in [0.25, 0.3) is 5.91 Å². The summed E-state index contributed by atoms with van der Waals surface area (Å²) in [7, 11) is 1.92. The number of rotatable bonds is 7. The van der Waals surface area contributed by atoms with Crippen LogP contribution in [0.2, 0.25) is 0 Å². The van der Waals surface area contributed by atoms with Gasteiger partial charge in [0.15, 0.2) is 11.5 Å². The molecule has 4 heterocycles. The fraction of sp³-hybridized carbons (Fsp3) is 0.429. The summed E-state index contributed by atoms with van der Waals surface area (Å²) >= 11 is 0. The molecule has 31 heavy (non-hydrogen) atoms. The van der Waals surface area contributed by atoms with Crippen LogP contribution in [0, 0.1) is 18.7 Å². The number of aromatic nitrogens is 4. The molecule has 0 radical (unpaired) electrons. The lowest BCUT2D eigenvalue weighted by Crippen LogP contribution is -2.28. The van der Waals surface area contributed by atoms with Crippen LogP contribution in [0.4, 0.5) is 16.0 Å². The first-order valence-electron chi connectivity index (χ1n) is 10.3. The standard InChI is InChI=1S/C21H26FN7O2/c1-4-31-20-16(9-24-21(27-20)28(3)11-14-5-6-23-8-14)19(30)26-15-7-17(22)18-25-13(2)10-29(18)12-15/h7,9-10,12,14,23H,4-6,8,11H2,1-3H3,(H,26,30). The van der Waals surface area contributed by atoms with Gasteiger partial charge in [-0.25, -0.2) is 14.4 Å². The molecule has 0 aliphatic carbocycles. The van der Waals surface area contributed by atoms with Crippen molar-refractivity contribution in [3.63, 3.8) is 0 Å². The second-order valence-corrected chi connectivity index (χ2v) is 7.71. The molecule has 9 nitrogen and oxygen atoms in total. The second kappa shape index (κ2) is 8.84. The van der Waals surface area contributed by atoms with E-state index in [1.807, 2.05) is 18.9 Å². The lowest BCUT2D eigenvalue weighted by atomic mass is 10.1.